The van der Waals surface area contributed by atoms with Crippen LogP contribution < -0.4 is 5.32 Å². The highest BCUT2D eigenvalue weighted by molar-refractivity contribution is 7.18. The van der Waals surface area contributed by atoms with Crippen molar-refractivity contribution in [3.63, 3.8) is 0 Å². The molecule has 1 fully saturated rings. The first kappa shape index (κ1) is 13.2. The Kier molecular flexibility index (Phi) is 3.75. The van der Waals surface area contributed by atoms with Gasteiger partial charge in [-0.1, -0.05) is 11.3 Å². The van der Waals surface area contributed by atoms with Crippen molar-refractivity contribution in [2.45, 2.75) is 31.7 Å². The highest BCUT2D eigenvalue weighted by Crippen LogP contribution is 2.31. The molecule has 1 saturated carbocycles. The molecule has 3 rings (SSSR count). The molecule has 0 saturated heterocycles. The topological polar surface area (TPSA) is 94.1 Å². The standard InChI is InChI=1S/C12H14N4O3S/c17-16(18)11-6-5-9(20-11)12-15-14-10(19-12)2-1-7-13-8-3-4-8/h5-6,8,13H,1-4,7H2. The minimum atomic E-state index is -0.422. The van der Waals surface area contributed by atoms with Gasteiger partial charge in [0.2, 0.25) is 5.89 Å². The lowest BCUT2D eigenvalue weighted by Crippen LogP contribution is -2.17. The molecule has 1 N–H and O–H groups in total. The van der Waals surface area contributed by atoms with E-state index in [9.17, 15) is 10.1 Å². The van der Waals surface area contributed by atoms with Crippen molar-refractivity contribution < 1.29 is 9.34 Å². The molecular formula is C12H14N4O3S. The number of aryl methyl sites for hydroxylation is 1. The van der Waals surface area contributed by atoms with Gasteiger partial charge in [-0.05, 0) is 31.9 Å². The lowest BCUT2D eigenvalue weighted by atomic mass is 10.3. The molecule has 0 atom stereocenters. The molecule has 1 aliphatic rings. The fourth-order valence-electron chi connectivity index (χ4n) is 1.83. The predicted octanol–water partition coefficient (Wildman–Crippen LogP) is 2.39. The monoisotopic (exact) mass is 294 g/mol. The maximum absolute atomic E-state index is 10.6. The normalized spacial score (nSPS) is 14.6. The number of aromatic nitrogens is 2. The van der Waals surface area contributed by atoms with Gasteiger partial charge in [0.15, 0.2) is 0 Å². The van der Waals surface area contributed by atoms with Crippen molar-refractivity contribution >= 4 is 16.3 Å². The van der Waals surface area contributed by atoms with Gasteiger partial charge in [0.1, 0.15) is 0 Å². The number of nitrogens with zero attached hydrogens (tertiary/aromatic N) is 3. The molecular weight excluding hydrogens is 280 g/mol. The quantitative estimate of drug-likeness (QED) is 0.478. The summed E-state index contributed by atoms with van der Waals surface area (Å²) in [5, 5.41) is 22.0. The van der Waals surface area contributed by atoms with Gasteiger partial charge in [0.05, 0.1) is 9.80 Å². The van der Waals surface area contributed by atoms with Crippen molar-refractivity contribution in [1.82, 2.24) is 15.5 Å². The van der Waals surface area contributed by atoms with Crippen LogP contribution in [0.25, 0.3) is 10.8 Å². The zero-order valence-electron chi connectivity index (χ0n) is 10.7. The van der Waals surface area contributed by atoms with Gasteiger partial charge in [-0.15, -0.1) is 10.2 Å². The van der Waals surface area contributed by atoms with Crippen LogP contribution in [0.2, 0.25) is 0 Å². The molecule has 0 unspecified atom stereocenters. The molecule has 0 aliphatic heterocycles. The van der Waals surface area contributed by atoms with Gasteiger partial charge in [0, 0.05) is 18.5 Å². The van der Waals surface area contributed by atoms with Gasteiger partial charge in [-0.2, -0.15) is 0 Å². The molecule has 2 aromatic rings. The molecule has 0 amide bonds. The summed E-state index contributed by atoms with van der Waals surface area (Å²) in [5.74, 6) is 0.932. The molecule has 1 aliphatic carbocycles. The average molecular weight is 294 g/mol. The Labute approximate surface area is 119 Å². The summed E-state index contributed by atoms with van der Waals surface area (Å²) in [6, 6.07) is 3.79. The molecule has 106 valence electrons. The Balaban J connectivity index is 1.55. The van der Waals surface area contributed by atoms with Crippen molar-refractivity contribution in [3.8, 4) is 10.8 Å². The summed E-state index contributed by atoms with van der Waals surface area (Å²) in [6.45, 7) is 0.951. The summed E-state index contributed by atoms with van der Waals surface area (Å²) >= 11 is 1.04. The Hall–Kier alpha value is -1.80. The number of nitro groups is 1. The second kappa shape index (κ2) is 5.68. The van der Waals surface area contributed by atoms with E-state index in [1.54, 1.807) is 6.07 Å². The SMILES string of the molecule is O=[N+]([O-])c1ccc(-c2nnc(CCCNC3CC3)o2)s1. The van der Waals surface area contributed by atoms with Crippen molar-refractivity contribution in [2.24, 2.45) is 0 Å². The number of hydrogen-bond acceptors (Lipinski definition) is 7. The van der Waals surface area contributed by atoms with Crippen molar-refractivity contribution in [1.29, 1.82) is 0 Å². The van der Waals surface area contributed by atoms with Gasteiger partial charge >= 0.3 is 5.00 Å². The summed E-state index contributed by atoms with van der Waals surface area (Å²) in [7, 11) is 0. The fraction of sp³-hybridized carbons (Fsp3) is 0.500. The first-order chi connectivity index (χ1) is 9.72. The van der Waals surface area contributed by atoms with E-state index in [-0.39, 0.29) is 5.00 Å². The minimum absolute atomic E-state index is 0.0772. The van der Waals surface area contributed by atoms with Crippen LogP contribution >= 0.6 is 11.3 Å². The van der Waals surface area contributed by atoms with E-state index in [1.165, 1.54) is 18.9 Å². The molecule has 2 heterocycles. The van der Waals surface area contributed by atoms with Crippen LogP contribution in [0.5, 0.6) is 0 Å². The fourth-order valence-corrected chi connectivity index (χ4v) is 2.57. The third kappa shape index (κ3) is 3.20. The van der Waals surface area contributed by atoms with E-state index < -0.39 is 4.92 Å². The molecule has 0 spiro atoms. The first-order valence-electron chi connectivity index (χ1n) is 6.53. The van der Waals surface area contributed by atoms with E-state index in [1.807, 2.05) is 0 Å². The van der Waals surface area contributed by atoms with Crippen LogP contribution in [-0.4, -0.2) is 27.7 Å². The zero-order chi connectivity index (χ0) is 13.9. The predicted molar refractivity (Wildman–Crippen MR) is 73.6 cm³/mol. The van der Waals surface area contributed by atoms with Crippen LogP contribution in [0.4, 0.5) is 5.00 Å². The van der Waals surface area contributed by atoms with Crippen LogP contribution in [0.1, 0.15) is 25.2 Å². The van der Waals surface area contributed by atoms with Crippen molar-refractivity contribution in [3.05, 3.63) is 28.1 Å². The van der Waals surface area contributed by atoms with E-state index in [2.05, 4.69) is 15.5 Å². The lowest BCUT2D eigenvalue weighted by Gasteiger charge is -1.99. The number of nitrogens with one attached hydrogen (secondary N) is 1. The largest absolute Gasteiger partial charge is 0.420 e. The smallest absolute Gasteiger partial charge is 0.324 e. The second-order valence-corrected chi connectivity index (χ2v) is 5.79. The highest BCUT2D eigenvalue weighted by atomic mass is 32.1. The number of thiophene rings is 1. The van der Waals surface area contributed by atoms with Crippen LogP contribution in [0.3, 0.4) is 0 Å². The minimum Gasteiger partial charge on any atom is -0.420 e. The average Bonchev–Trinajstić information content (AvgIpc) is 2.93. The molecule has 0 bridgehead atoms. The van der Waals surface area contributed by atoms with E-state index in [4.69, 9.17) is 4.42 Å². The summed E-state index contributed by atoms with van der Waals surface area (Å²) in [4.78, 5) is 10.8. The molecule has 0 radical (unpaired) electrons. The summed E-state index contributed by atoms with van der Waals surface area (Å²) < 4.78 is 5.52. The molecule has 0 aromatic carbocycles. The third-order valence-corrected chi connectivity index (χ3v) is 4.05. The maximum Gasteiger partial charge on any atom is 0.324 e. The molecule has 2 aromatic heterocycles. The van der Waals surface area contributed by atoms with Gasteiger partial charge in [-0.25, -0.2) is 0 Å². The maximum atomic E-state index is 10.6. The van der Waals surface area contributed by atoms with Gasteiger partial charge < -0.3 is 9.73 Å². The Morgan fingerprint density at radius 2 is 2.30 bits per heavy atom. The summed E-state index contributed by atoms with van der Waals surface area (Å²) in [5.41, 5.74) is 0. The second-order valence-electron chi connectivity index (χ2n) is 4.73. The molecule has 7 nitrogen and oxygen atoms in total. The van der Waals surface area contributed by atoms with Gasteiger partial charge in [-0.3, -0.25) is 10.1 Å². The molecule has 8 heteroatoms. The zero-order valence-corrected chi connectivity index (χ0v) is 11.6. The Morgan fingerprint density at radius 1 is 1.45 bits per heavy atom. The van der Waals surface area contributed by atoms with Crippen LogP contribution in [0, 0.1) is 10.1 Å². The van der Waals surface area contributed by atoms with E-state index >= 15 is 0 Å². The van der Waals surface area contributed by atoms with Crippen LogP contribution in [0.15, 0.2) is 16.5 Å². The van der Waals surface area contributed by atoms with Crippen LogP contribution in [-0.2, 0) is 6.42 Å². The number of rotatable bonds is 7. The third-order valence-electron chi connectivity index (χ3n) is 3.03. The highest BCUT2D eigenvalue weighted by Gasteiger charge is 2.20. The Bertz CT molecular complexity index is 605. The first-order valence-corrected chi connectivity index (χ1v) is 7.34. The van der Waals surface area contributed by atoms with E-state index in [0.29, 0.717) is 22.7 Å². The lowest BCUT2D eigenvalue weighted by molar-refractivity contribution is -0.380. The van der Waals surface area contributed by atoms with E-state index in [0.717, 1.165) is 30.7 Å². The van der Waals surface area contributed by atoms with Gasteiger partial charge in [0.25, 0.3) is 5.89 Å². The van der Waals surface area contributed by atoms with Crippen molar-refractivity contribution in [2.75, 3.05) is 6.54 Å². The molecule has 20 heavy (non-hydrogen) atoms. The summed E-state index contributed by atoms with van der Waals surface area (Å²) in [6.07, 6.45) is 4.23. The number of hydrogen-bond donors (Lipinski definition) is 1. The Morgan fingerprint density at radius 3 is 3.00 bits per heavy atom.